The van der Waals surface area contributed by atoms with Gasteiger partial charge in [0.05, 0.1) is 10.0 Å². The first-order valence-corrected chi connectivity index (χ1v) is 8.02. The number of rotatable bonds is 5. The van der Waals surface area contributed by atoms with Crippen molar-refractivity contribution in [1.82, 2.24) is 4.98 Å². The van der Waals surface area contributed by atoms with Crippen LogP contribution in [-0.2, 0) is 0 Å². The molecule has 0 aliphatic rings. The van der Waals surface area contributed by atoms with E-state index < -0.39 is 0 Å². The summed E-state index contributed by atoms with van der Waals surface area (Å²) in [7, 11) is 0. The van der Waals surface area contributed by atoms with E-state index in [0.29, 0.717) is 15.9 Å². The summed E-state index contributed by atoms with van der Waals surface area (Å²) in [4.78, 5) is 5.62. The molecule has 0 aliphatic carbocycles. The molecule has 0 atom stereocenters. The van der Waals surface area contributed by atoms with Gasteiger partial charge in [-0.2, -0.15) is 0 Å². The van der Waals surface area contributed by atoms with E-state index in [1.165, 1.54) is 17.3 Å². The number of halogens is 2. The second kappa shape index (κ2) is 7.21. The van der Waals surface area contributed by atoms with Gasteiger partial charge in [-0.05, 0) is 31.5 Å². The molecule has 0 bridgehead atoms. The molecule has 2 aromatic rings. The van der Waals surface area contributed by atoms with E-state index >= 15 is 0 Å². The minimum absolute atomic E-state index is 0.553. The zero-order valence-corrected chi connectivity index (χ0v) is 13.7. The van der Waals surface area contributed by atoms with Crippen LogP contribution in [0, 0.1) is 6.92 Å². The molecule has 1 heterocycles. The summed E-state index contributed by atoms with van der Waals surface area (Å²) < 4.78 is 0. The highest BCUT2D eigenvalue weighted by Crippen LogP contribution is 2.35. The second-order valence-corrected chi connectivity index (χ2v) is 6.32. The number of aryl methyl sites for hydroxylation is 1. The van der Waals surface area contributed by atoms with Gasteiger partial charge in [0.2, 0.25) is 0 Å². The van der Waals surface area contributed by atoms with Crippen molar-refractivity contribution >= 4 is 40.8 Å². The summed E-state index contributed by atoms with van der Waals surface area (Å²) in [6.45, 7) is 5.00. The number of anilines is 1. The van der Waals surface area contributed by atoms with Crippen LogP contribution in [0.25, 0.3) is 0 Å². The normalized spacial score (nSPS) is 10.6. The van der Waals surface area contributed by atoms with E-state index in [4.69, 9.17) is 23.2 Å². The van der Waals surface area contributed by atoms with E-state index in [2.05, 4.69) is 48.4 Å². The molecule has 2 nitrogen and oxygen atoms in total. The molecule has 2 rings (SSSR count). The summed E-state index contributed by atoms with van der Waals surface area (Å²) in [5.74, 6) is 0.688. The van der Waals surface area contributed by atoms with Crippen molar-refractivity contribution in [3.05, 3.63) is 45.9 Å². The van der Waals surface area contributed by atoms with Crippen molar-refractivity contribution in [1.29, 1.82) is 0 Å². The molecule has 106 valence electrons. The summed E-state index contributed by atoms with van der Waals surface area (Å²) >= 11 is 13.9. The molecule has 0 saturated carbocycles. The topological polar surface area (TPSA) is 24.9 Å². The monoisotopic (exact) mass is 326 g/mol. The molecule has 0 fully saturated rings. The van der Waals surface area contributed by atoms with E-state index in [0.717, 1.165) is 22.9 Å². The third-order valence-electron chi connectivity index (χ3n) is 2.68. The second-order valence-electron chi connectivity index (χ2n) is 4.45. The van der Waals surface area contributed by atoms with Crippen molar-refractivity contribution < 1.29 is 0 Å². The highest BCUT2D eigenvalue weighted by atomic mass is 35.5. The van der Waals surface area contributed by atoms with Crippen molar-refractivity contribution in [3.8, 4) is 0 Å². The highest BCUT2D eigenvalue weighted by Gasteiger charge is 2.10. The smallest absolute Gasteiger partial charge is 0.146 e. The van der Waals surface area contributed by atoms with Gasteiger partial charge in [-0.3, -0.25) is 0 Å². The Morgan fingerprint density at radius 2 is 1.85 bits per heavy atom. The Bertz CT molecular complexity index is 585. The van der Waals surface area contributed by atoms with Gasteiger partial charge in [0, 0.05) is 11.4 Å². The van der Waals surface area contributed by atoms with Crippen LogP contribution in [0.3, 0.4) is 0 Å². The predicted octanol–water partition coefficient (Wildman–Crippen LogP) is 5.67. The Labute approximate surface area is 133 Å². The van der Waals surface area contributed by atoms with Crippen LogP contribution in [0.4, 0.5) is 5.82 Å². The van der Waals surface area contributed by atoms with Crippen molar-refractivity contribution in [2.24, 2.45) is 0 Å². The molecule has 1 aromatic carbocycles. The van der Waals surface area contributed by atoms with Crippen LogP contribution < -0.4 is 5.32 Å². The fourth-order valence-corrected chi connectivity index (χ4v) is 2.94. The lowest BCUT2D eigenvalue weighted by atomic mass is 10.2. The van der Waals surface area contributed by atoms with E-state index in [9.17, 15) is 0 Å². The molecule has 0 radical (unpaired) electrons. The number of benzene rings is 1. The zero-order valence-electron chi connectivity index (χ0n) is 11.4. The summed E-state index contributed by atoms with van der Waals surface area (Å²) in [5.41, 5.74) is 1.23. The lowest BCUT2D eigenvalue weighted by molar-refractivity contribution is 0.960. The van der Waals surface area contributed by atoms with Gasteiger partial charge in [-0.15, -0.1) is 0 Å². The molecule has 0 aliphatic heterocycles. The Kier molecular flexibility index (Phi) is 5.58. The Hall–Kier alpha value is -0.900. The number of nitrogens with zero attached hydrogens (tertiary/aromatic N) is 1. The molecule has 0 saturated heterocycles. The standard InChI is InChI=1S/C15H16Cl2N2S/c1-3-8-18-14-12(16)9-13(17)15(19-14)20-11-6-4-10(2)5-7-11/h4-7,9H,3,8H2,1-2H3,(H,18,19). The molecule has 0 amide bonds. The van der Waals surface area contributed by atoms with Gasteiger partial charge in [0.15, 0.2) is 0 Å². The Morgan fingerprint density at radius 1 is 1.15 bits per heavy atom. The average Bonchev–Trinajstić information content (AvgIpc) is 2.43. The SMILES string of the molecule is CCCNc1nc(Sc2ccc(C)cc2)c(Cl)cc1Cl. The number of pyridine rings is 1. The minimum Gasteiger partial charge on any atom is -0.369 e. The maximum Gasteiger partial charge on any atom is 0.146 e. The van der Waals surface area contributed by atoms with Gasteiger partial charge in [-0.1, -0.05) is 59.6 Å². The van der Waals surface area contributed by atoms with Crippen LogP contribution >= 0.6 is 35.0 Å². The van der Waals surface area contributed by atoms with E-state index in [-0.39, 0.29) is 0 Å². The van der Waals surface area contributed by atoms with E-state index in [1.807, 2.05) is 0 Å². The first kappa shape index (κ1) is 15.5. The number of aromatic nitrogens is 1. The number of nitrogens with one attached hydrogen (secondary N) is 1. The average molecular weight is 327 g/mol. The van der Waals surface area contributed by atoms with E-state index in [1.54, 1.807) is 6.07 Å². The van der Waals surface area contributed by atoms with Crippen LogP contribution in [0.5, 0.6) is 0 Å². The molecule has 5 heteroatoms. The van der Waals surface area contributed by atoms with Crippen molar-refractivity contribution in [2.45, 2.75) is 30.2 Å². The molecular weight excluding hydrogens is 311 g/mol. The van der Waals surface area contributed by atoms with Crippen molar-refractivity contribution in [2.75, 3.05) is 11.9 Å². The van der Waals surface area contributed by atoms with Gasteiger partial charge < -0.3 is 5.32 Å². The van der Waals surface area contributed by atoms with Crippen LogP contribution in [0.1, 0.15) is 18.9 Å². The van der Waals surface area contributed by atoms with Gasteiger partial charge in [0.25, 0.3) is 0 Å². The minimum atomic E-state index is 0.553. The van der Waals surface area contributed by atoms with Crippen LogP contribution in [0.15, 0.2) is 40.3 Å². The van der Waals surface area contributed by atoms with Gasteiger partial charge >= 0.3 is 0 Å². The summed E-state index contributed by atoms with van der Waals surface area (Å²) in [6.07, 6.45) is 1.01. The third-order valence-corrected chi connectivity index (χ3v) is 4.38. The third kappa shape index (κ3) is 4.05. The van der Waals surface area contributed by atoms with Crippen molar-refractivity contribution in [3.63, 3.8) is 0 Å². The highest BCUT2D eigenvalue weighted by molar-refractivity contribution is 7.99. The first-order chi connectivity index (χ1) is 9.60. The summed E-state index contributed by atoms with van der Waals surface area (Å²) in [6, 6.07) is 10.0. The van der Waals surface area contributed by atoms with Crippen LogP contribution in [-0.4, -0.2) is 11.5 Å². The summed E-state index contributed by atoms with van der Waals surface area (Å²) in [5, 5.41) is 5.10. The first-order valence-electron chi connectivity index (χ1n) is 6.44. The molecule has 20 heavy (non-hydrogen) atoms. The zero-order chi connectivity index (χ0) is 14.5. The quantitative estimate of drug-likeness (QED) is 0.766. The molecule has 1 aromatic heterocycles. The predicted molar refractivity (Wildman–Crippen MR) is 88.3 cm³/mol. The van der Waals surface area contributed by atoms with Crippen LogP contribution in [0.2, 0.25) is 10.0 Å². The molecule has 1 N–H and O–H groups in total. The molecule has 0 unspecified atom stereocenters. The fraction of sp³-hybridized carbons (Fsp3) is 0.267. The maximum absolute atomic E-state index is 6.22. The Morgan fingerprint density at radius 3 is 2.50 bits per heavy atom. The number of hydrogen-bond donors (Lipinski definition) is 1. The largest absolute Gasteiger partial charge is 0.369 e. The Balaban J connectivity index is 2.24. The lowest BCUT2D eigenvalue weighted by Crippen LogP contribution is -2.03. The maximum atomic E-state index is 6.22. The molecular formula is C15H16Cl2N2S. The van der Waals surface area contributed by atoms with Gasteiger partial charge in [-0.25, -0.2) is 4.98 Å². The lowest BCUT2D eigenvalue weighted by Gasteiger charge is -2.10. The number of hydrogen-bond acceptors (Lipinski definition) is 3. The van der Waals surface area contributed by atoms with Gasteiger partial charge in [0.1, 0.15) is 10.8 Å². The molecule has 0 spiro atoms. The fourth-order valence-electron chi connectivity index (χ4n) is 1.61.